The number of imidazole rings is 1. The number of nitrogen functional groups attached to an aromatic ring is 1. The molecule has 1 fully saturated rings. The number of hydrogen-bond acceptors (Lipinski definition) is 8. The first-order valence-corrected chi connectivity index (χ1v) is 7.43. The highest BCUT2D eigenvalue weighted by Gasteiger charge is 2.53. The zero-order valence-corrected chi connectivity index (χ0v) is 13.2. The summed E-state index contributed by atoms with van der Waals surface area (Å²) in [4.78, 5) is 12.2. The highest BCUT2D eigenvalue weighted by molar-refractivity contribution is 5.81. The van der Waals surface area contributed by atoms with Crippen molar-refractivity contribution >= 4 is 17.0 Å². The predicted molar refractivity (Wildman–Crippen MR) is 81.4 cm³/mol. The van der Waals surface area contributed by atoms with Crippen molar-refractivity contribution in [3.05, 3.63) is 12.7 Å². The molecule has 2 aromatic heterocycles. The van der Waals surface area contributed by atoms with Crippen molar-refractivity contribution in [2.75, 3.05) is 12.3 Å². The molecule has 0 radical (unpaired) electrons. The number of rotatable bonds is 4. The van der Waals surface area contributed by atoms with Crippen molar-refractivity contribution in [3.63, 3.8) is 0 Å². The molecule has 0 unspecified atom stereocenters. The van der Waals surface area contributed by atoms with E-state index in [-0.39, 0.29) is 18.5 Å². The van der Waals surface area contributed by atoms with Crippen LogP contribution >= 0.6 is 0 Å². The van der Waals surface area contributed by atoms with E-state index in [1.165, 1.54) is 19.6 Å². The van der Waals surface area contributed by atoms with Crippen LogP contribution in [0.3, 0.4) is 0 Å². The van der Waals surface area contributed by atoms with E-state index in [4.69, 9.17) is 15.2 Å². The largest absolute Gasteiger partial charge is 0.387 e. The average Bonchev–Trinajstić information content (AvgIpc) is 2.99. The Morgan fingerprint density at radius 2 is 2.17 bits per heavy atom. The smallest absolute Gasteiger partial charge is 0.168 e. The highest BCUT2D eigenvalue weighted by Crippen LogP contribution is 2.39. The lowest BCUT2D eigenvalue weighted by Gasteiger charge is -2.27. The summed E-state index contributed by atoms with van der Waals surface area (Å²) >= 11 is 0. The number of hydrogen-bond donors (Lipinski definition) is 3. The first-order chi connectivity index (χ1) is 10.8. The third-order valence-corrected chi connectivity index (χ3v) is 3.99. The topological polar surface area (TPSA) is 129 Å². The van der Waals surface area contributed by atoms with Crippen molar-refractivity contribution in [2.24, 2.45) is 0 Å². The summed E-state index contributed by atoms with van der Waals surface area (Å²) in [5.74, 6) is 0.242. The lowest BCUT2D eigenvalue weighted by atomic mass is 9.96. The van der Waals surface area contributed by atoms with E-state index in [0.29, 0.717) is 11.2 Å². The second-order valence-corrected chi connectivity index (χ2v) is 6.16. The van der Waals surface area contributed by atoms with Crippen LogP contribution in [0.4, 0.5) is 5.82 Å². The third kappa shape index (κ3) is 2.65. The first-order valence-electron chi connectivity index (χ1n) is 7.43. The van der Waals surface area contributed by atoms with Gasteiger partial charge >= 0.3 is 0 Å². The quantitative estimate of drug-likeness (QED) is 0.708. The van der Waals surface area contributed by atoms with Crippen LogP contribution < -0.4 is 5.73 Å². The van der Waals surface area contributed by atoms with Crippen LogP contribution in [0.15, 0.2) is 12.7 Å². The summed E-state index contributed by atoms with van der Waals surface area (Å²) in [6.07, 6.45) is 0.147. The highest BCUT2D eigenvalue weighted by atomic mass is 16.6. The molecule has 9 nitrogen and oxygen atoms in total. The number of ether oxygens (including phenoxy) is 2. The summed E-state index contributed by atoms with van der Waals surface area (Å²) in [6, 6.07) is 0. The lowest BCUT2D eigenvalue weighted by Crippen LogP contribution is -2.44. The number of nitrogens with two attached hydrogens (primary N) is 1. The minimum atomic E-state index is -1.53. The van der Waals surface area contributed by atoms with Crippen LogP contribution in [0.25, 0.3) is 11.2 Å². The summed E-state index contributed by atoms with van der Waals surface area (Å²) in [7, 11) is 0. The number of aliphatic hydroxyl groups is 2. The molecule has 0 amide bonds. The summed E-state index contributed by atoms with van der Waals surface area (Å²) in [6.45, 7) is 5.46. The zero-order chi connectivity index (χ0) is 16.8. The minimum absolute atomic E-state index is 0.00332. The van der Waals surface area contributed by atoms with Gasteiger partial charge in [-0.2, -0.15) is 0 Å². The molecule has 1 saturated heterocycles. The number of fused-ring (bicyclic) bond motifs is 1. The van der Waals surface area contributed by atoms with Crippen molar-refractivity contribution in [1.29, 1.82) is 0 Å². The Hall–Kier alpha value is -1.81. The predicted octanol–water partition coefficient (Wildman–Crippen LogP) is -0.157. The van der Waals surface area contributed by atoms with Gasteiger partial charge < -0.3 is 25.4 Å². The Balaban J connectivity index is 1.93. The van der Waals surface area contributed by atoms with Gasteiger partial charge in [0.1, 0.15) is 29.7 Å². The molecule has 3 heterocycles. The van der Waals surface area contributed by atoms with Crippen LogP contribution in [0.5, 0.6) is 0 Å². The Bertz CT molecular complexity index is 702. The van der Waals surface area contributed by atoms with Gasteiger partial charge in [0, 0.05) is 0 Å². The molecule has 1 aliphatic heterocycles. The van der Waals surface area contributed by atoms with E-state index in [1.54, 1.807) is 4.57 Å². The van der Waals surface area contributed by atoms with Gasteiger partial charge in [-0.1, -0.05) is 0 Å². The van der Waals surface area contributed by atoms with Crippen LogP contribution in [-0.2, 0) is 9.47 Å². The number of aromatic nitrogens is 4. The standard InChI is InChI=1S/C14H21N5O4/c1-7(2)22-4-8-10(20)14(3,21)13(23-8)19-6-18-9-11(15)16-5-17-12(9)19/h5-8,10,13,20-21H,4H2,1-3H3,(H2,15,16,17)/t8-,10-,13-,14-/m1/s1. The van der Waals surface area contributed by atoms with Crippen molar-refractivity contribution in [3.8, 4) is 0 Å². The van der Waals surface area contributed by atoms with Crippen LogP contribution in [0.2, 0.25) is 0 Å². The van der Waals surface area contributed by atoms with Gasteiger partial charge in [-0.3, -0.25) is 4.57 Å². The van der Waals surface area contributed by atoms with Gasteiger partial charge in [-0.15, -0.1) is 0 Å². The van der Waals surface area contributed by atoms with E-state index >= 15 is 0 Å². The first kappa shape index (κ1) is 16.1. The normalized spacial score (nSPS) is 31.3. The van der Waals surface area contributed by atoms with Gasteiger partial charge in [0.05, 0.1) is 19.0 Å². The molecule has 0 bridgehead atoms. The van der Waals surface area contributed by atoms with Crippen molar-refractivity contribution < 1.29 is 19.7 Å². The monoisotopic (exact) mass is 323 g/mol. The molecule has 23 heavy (non-hydrogen) atoms. The Kier molecular flexibility index (Phi) is 3.96. The molecule has 0 aliphatic carbocycles. The van der Waals surface area contributed by atoms with E-state index in [0.717, 1.165) is 0 Å². The molecule has 4 N–H and O–H groups in total. The molecular weight excluding hydrogens is 302 g/mol. The van der Waals surface area contributed by atoms with E-state index in [9.17, 15) is 10.2 Å². The van der Waals surface area contributed by atoms with Crippen LogP contribution in [0, 0.1) is 0 Å². The molecule has 4 atom stereocenters. The molecule has 126 valence electrons. The molecule has 0 spiro atoms. The third-order valence-electron chi connectivity index (χ3n) is 3.99. The lowest BCUT2D eigenvalue weighted by molar-refractivity contribution is -0.0977. The summed E-state index contributed by atoms with van der Waals surface area (Å²) < 4.78 is 12.9. The second kappa shape index (κ2) is 5.68. The number of anilines is 1. The van der Waals surface area contributed by atoms with E-state index < -0.39 is 24.0 Å². The summed E-state index contributed by atoms with van der Waals surface area (Å²) in [5.41, 5.74) is 5.09. The molecule has 2 aromatic rings. The number of nitrogens with zero attached hydrogens (tertiary/aromatic N) is 4. The van der Waals surface area contributed by atoms with Crippen molar-refractivity contribution in [1.82, 2.24) is 19.5 Å². The molecule has 1 aliphatic rings. The summed E-state index contributed by atoms with van der Waals surface area (Å²) in [5, 5.41) is 21.1. The average molecular weight is 323 g/mol. The molecule has 0 aromatic carbocycles. The Morgan fingerprint density at radius 1 is 1.43 bits per heavy atom. The second-order valence-electron chi connectivity index (χ2n) is 6.16. The van der Waals surface area contributed by atoms with Gasteiger partial charge in [-0.25, -0.2) is 15.0 Å². The Labute approximate surface area is 133 Å². The zero-order valence-electron chi connectivity index (χ0n) is 13.2. The SMILES string of the molecule is CC(C)OC[C@H]1O[C@@H](n2cnc3c(N)ncnc32)[C@](C)(O)[C@@H]1O. The maximum Gasteiger partial charge on any atom is 0.168 e. The van der Waals surface area contributed by atoms with Crippen molar-refractivity contribution in [2.45, 2.75) is 50.9 Å². The minimum Gasteiger partial charge on any atom is -0.387 e. The van der Waals surface area contributed by atoms with Gasteiger partial charge in [-0.05, 0) is 20.8 Å². The van der Waals surface area contributed by atoms with Gasteiger partial charge in [0.15, 0.2) is 17.7 Å². The molecular formula is C14H21N5O4. The fourth-order valence-electron chi connectivity index (χ4n) is 2.71. The number of aliphatic hydroxyl groups excluding tert-OH is 1. The van der Waals surface area contributed by atoms with Crippen LogP contribution in [-0.4, -0.2) is 60.3 Å². The van der Waals surface area contributed by atoms with E-state index in [2.05, 4.69) is 15.0 Å². The molecule has 3 rings (SSSR count). The maximum absolute atomic E-state index is 10.7. The molecule has 9 heteroatoms. The fraction of sp³-hybridized carbons (Fsp3) is 0.643. The van der Waals surface area contributed by atoms with Gasteiger partial charge in [0.2, 0.25) is 0 Å². The van der Waals surface area contributed by atoms with E-state index in [1.807, 2.05) is 13.8 Å². The van der Waals surface area contributed by atoms with Crippen LogP contribution in [0.1, 0.15) is 27.0 Å². The molecule has 0 saturated carbocycles. The van der Waals surface area contributed by atoms with Gasteiger partial charge in [0.25, 0.3) is 0 Å². The fourth-order valence-corrected chi connectivity index (χ4v) is 2.71. The maximum atomic E-state index is 10.7. The Morgan fingerprint density at radius 3 is 2.87 bits per heavy atom.